The molecule has 4 nitrogen and oxygen atoms in total. The van der Waals surface area contributed by atoms with Gasteiger partial charge in [0, 0.05) is 19.8 Å². The van der Waals surface area contributed by atoms with Gasteiger partial charge in [-0.1, -0.05) is 26.8 Å². The van der Waals surface area contributed by atoms with E-state index < -0.39 is 5.41 Å². The van der Waals surface area contributed by atoms with Gasteiger partial charge in [-0.05, 0) is 30.9 Å². The van der Waals surface area contributed by atoms with Gasteiger partial charge < -0.3 is 10.6 Å². The number of nitrogens with zero attached hydrogens (tertiary/aromatic N) is 1. The van der Waals surface area contributed by atoms with Crippen molar-refractivity contribution in [3.63, 3.8) is 0 Å². The van der Waals surface area contributed by atoms with Crippen LogP contribution < -0.4 is 10.6 Å². The number of nitrogens with one attached hydrogen (secondary N) is 2. The molecule has 1 heterocycles. The molecule has 0 aliphatic heterocycles. The lowest BCUT2D eigenvalue weighted by molar-refractivity contribution is -0.128. The van der Waals surface area contributed by atoms with Crippen LogP contribution in [-0.4, -0.2) is 24.5 Å². The molecule has 0 bridgehead atoms. The third-order valence-electron chi connectivity index (χ3n) is 3.18. The van der Waals surface area contributed by atoms with Crippen LogP contribution in [0.4, 0.5) is 5.82 Å². The molecule has 0 spiro atoms. The lowest BCUT2D eigenvalue weighted by atomic mass is 9.88. The smallest absolute Gasteiger partial charge is 0.227 e. The van der Waals surface area contributed by atoms with Crippen molar-refractivity contribution in [2.24, 2.45) is 5.41 Å². The summed E-state index contributed by atoms with van der Waals surface area (Å²) >= 11 is 0. The van der Waals surface area contributed by atoms with Crippen LogP contribution in [0.5, 0.6) is 0 Å². The molecule has 0 saturated heterocycles. The molecule has 0 aliphatic rings. The summed E-state index contributed by atoms with van der Waals surface area (Å²) in [4.78, 5) is 16.1. The van der Waals surface area contributed by atoms with Crippen LogP contribution in [0.2, 0.25) is 0 Å². The SMILES string of the molecule is CNC(=O)C(C)(C)CNc1ccc(C(C)(C)C)cn1. The third kappa shape index (κ3) is 4.23. The molecular weight excluding hydrogens is 238 g/mol. The van der Waals surface area contributed by atoms with Crippen molar-refractivity contribution in [3.05, 3.63) is 23.9 Å². The molecule has 1 aromatic rings. The van der Waals surface area contributed by atoms with Gasteiger partial charge in [0.2, 0.25) is 5.91 Å². The molecule has 1 rings (SSSR count). The van der Waals surface area contributed by atoms with Crippen LogP contribution in [0.25, 0.3) is 0 Å². The molecule has 0 unspecified atom stereocenters. The first kappa shape index (κ1) is 15.5. The molecule has 1 amide bonds. The van der Waals surface area contributed by atoms with E-state index in [-0.39, 0.29) is 11.3 Å². The Kier molecular flexibility index (Phi) is 4.56. The van der Waals surface area contributed by atoms with E-state index in [1.54, 1.807) is 7.05 Å². The van der Waals surface area contributed by atoms with Gasteiger partial charge in [0.05, 0.1) is 5.41 Å². The Labute approximate surface area is 116 Å². The average molecular weight is 263 g/mol. The second kappa shape index (κ2) is 5.59. The van der Waals surface area contributed by atoms with E-state index in [4.69, 9.17) is 0 Å². The summed E-state index contributed by atoms with van der Waals surface area (Å²) in [5, 5.41) is 5.88. The van der Waals surface area contributed by atoms with Gasteiger partial charge in [-0.15, -0.1) is 0 Å². The largest absolute Gasteiger partial charge is 0.369 e. The Morgan fingerprint density at radius 1 is 1.21 bits per heavy atom. The maximum absolute atomic E-state index is 11.7. The van der Waals surface area contributed by atoms with Crippen LogP contribution in [0.15, 0.2) is 18.3 Å². The summed E-state index contributed by atoms with van der Waals surface area (Å²) in [5.74, 6) is 0.816. The zero-order valence-electron chi connectivity index (χ0n) is 12.8. The van der Waals surface area contributed by atoms with E-state index in [0.29, 0.717) is 6.54 Å². The highest BCUT2D eigenvalue weighted by atomic mass is 16.2. The van der Waals surface area contributed by atoms with Gasteiger partial charge in [-0.25, -0.2) is 4.98 Å². The normalized spacial score (nSPS) is 12.1. The monoisotopic (exact) mass is 263 g/mol. The van der Waals surface area contributed by atoms with Crippen molar-refractivity contribution in [2.75, 3.05) is 18.9 Å². The summed E-state index contributed by atoms with van der Waals surface area (Å²) in [6.45, 7) is 10.8. The number of hydrogen-bond donors (Lipinski definition) is 2. The Bertz CT molecular complexity index is 430. The molecule has 4 heteroatoms. The molecule has 19 heavy (non-hydrogen) atoms. The van der Waals surface area contributed by atoms with Crippen molar-refractivity contribution >= 4 is 11.7 Å². The fraction of sp³-hybridized carbons (Fsp3) is 0.600. The van der Waals surface area contributed by atoms with E-state index in [0.717, 1.165) is 5.82 Å². The summed E-state index contributed by atoms with van der Waals surface area (Å²) in [6.07, 6.45) is 1.88. The number of anilines is 1. The molecule has 2 N–H and O–H groups in total. The van der Waals surface area contributed by atoms with Gasteiger partial charge in [-0.3, -0.25) is 4.79 Å². The predicted octanol–water partition coefficient (Wildman–Crippen LogP) is 2.56. The fourth-order valence-corrected chi connectivity index (χ4v) is 1.67. The first-order valence-electron chi connectivity index (χ1n) is 6.59. The van der Waals surface area contributed by atoms with E-state index in [1.807, 2.05) is 26.1 Å². The van der Waals surface area contributed by atoms with E-state index in [2.05, 4.69) is 42.5 Å². The highest BCUT2D eigenvalue weighted by molar-refractivity contribution is 5.82. The van der Waals surface area contributed by atoms with Crippen molar-refractivity contribution in [1.82, 2.24) is 10.3 Å². The first-order valence-corrected chi connectivity index (χ1v) is 6.59. The number of carbonyl (C=O) groups is 1. The lowest BCUT2D eigenvalue weighted by Gasteiger charge is -2.23. The summed E-state index contributed by atoms with van der Waals surface area (Å²) in [5.41, 5.74) is 0.843. The first-order chi connectivity index (χ1) is 8.66. The van der Waals surface area contributed by atoms with E-state index >= 15 is 0 Å². The van der Waals surface area contributed by atoms with Crippen molar-refractivity contribution < 1.29 is 4.79 Å². The minimum Gasteiger partial charge on any atom is -0.369 e. The summed E-state index contributed by atoms with van der Waals surface area (Å²) < 4.78 is 0. The molecule has 0 saturated carbocycles. The van der Waals surface area contributed by atoms with Crippen LogP contribution in [0.1, 0.15) is 40.2 Å². The van der Waals surface area contributed by atoms with Crippen LogP contribution >= 0.6 is 0 Å². The van der Waals surface area contributed by atoms with Gasteiger partial charge >= 0.3 is 0 Å². The highest BCUT2D eigenvalue weighted by Crippen LogP contribution is 2.22. The fourth-order valence-electron chi connectivity index (χ4n) is 1.67. The number of hydrogen-bond acceptors (Lipinski definition) is 3. The molecule has 0 fully saturated rings. The molecule has 0 aromatic carbocycles. The van der Waals surface area contributed by atoms with Crippen molar-refractivity contribution in [1.29, 1.82) is 0 Å². The number of rotatable bonds is 4. The molecular formula is C15H25N3O. The van der Waals surface area contributed by atoms with E-state index in [1.165, 1.54) is 5.56 Å². The Morgan fingerprint density at radius 3 is 2.26 bits per heavy atom. The summed E-state index contributed by atoms with van der Waals surface area (Å²) in [7, 11) is 1.65. The van der Waals surface area contributed by atoms with Gasteiger partial charge in [0.25, 0.3) is 0 Å². The van der Waals surface area contributed by atoms with Crippen LogP contribution in [0, 0.1) is 5.41 Å². The zero-order chi connectivity index (χ0) is 14.7. The van der Waals surface area contributed by atoms with Gasteiger partial charge in [0.1, 0.15) is 5.82 Å². The lowest BCUT2D eigenvalue weighted by Crippen LogP contribution is -2.39. The van der Waals surface area contributed by atoms with Gasteiger partial charge in [0.15, 0.2) is 0 Å². The topological polar surface area (TPSA) is 54.0 Å². The molecule has 1 aromatic heterocycles. The minimum absolute atomic E-state index is 0.0197. The van der Waals surface area contributed by atoms with E-state index in [9.17, 15) is 4.79 Å². The summed E-state index contributed by atoms with van der Waals surface area (Å²) in [6, 6.07) is 4.03. The van der Waals surface area contributed by atoms with Gasteiger partial charge in [-0.2, -0.15) is 0 Å². The molecule has 0 radical (unpaired) electrons. The van der Waals surface area contributed by atoms with Crippen LogP contribution in [-0.2, 0) is 10.2 Å². The zero-order valence-corrected chi connectivity index (χ0v) is 12.8. The number of amides is 1. The second-order valence-electron chi connectivity index (χ2n) is 6.50. The maximum Gasteiger partial charge on any atom is 0.227 e. The number of aromatic nitrogens is 1. The highest BCUT2D eigenvalue weighted by Gasteiger charge is 2.26. The number of carbonyl (C=O) groups excluding carboxylic acids is 1. The molecule has 106 valence electrons. The molecule has 0 atom stereocenters. The Morgan fingerprint density at radius 2 is 1.84 bits per heavy atom. The molecule has 0 aliphatic carbocycles. The predicted molar refractivity (Wildman–Crippen MR) is 79.3 cm³/mol. The van der Waals surface area contributed by atoms with Crippen molar-refractivity contribution in [2.45, 2.75) is 40.0 Å². The Balaban J connectivity index is 2.67. The maximum atomic E-state index is 11.7. The average Bonchev–Trinajstić information content (AvgIpc) is 2.35. The number of pyridine rings is 1. The minimum atomic E-state index is -0.459. The third-order valence-corrected chi connectivity index (χ3v) is 3.18. The van der Waals surface area contributed by atoms with Crippen LogP contribution in [0.3, 0.4) is 0 Å². The quantitative estimate of drug-likeness (QED) is 0.878. The second-order valence-corrected chi connectivity index (χ2v) is 6.50. The Hall–Kier alpha value is -1.58. The standard InChI is InChI=1S/C15H25N3O/c1-14(2,3)11-7-8-12(17-9-11)18-10-15(4,5)13(19)16-6/h7-9H,10H2,1-6H3,(H,16,19)(H,17,18). The van der Waals surface area contributed by atoms with Crippen molar-refractivity contribution in [3.8, 4) is 0 Å².